The molecule has 254 valence electrons. The molecule has 0 heterocycles. The number of allylic oxidation sites excluding steroid dienone is 3. The SMILES string of the molecule is C[C@@H](CCCC(C)(C)O)C1CCC2/C(=C/C=C3C[C@@H](O[Si](C)(C)C(C)(C)C)C(=O)[C@H](O[Si](C)(C)C(C)(C)C)C3)CCCC21C. The van der Waals surface area contributed by atoms with E-state index in [1.165, 1.54) is 44.1 Å². The minimum atomic E-state index is -2.13. The van der Waals surface area contributed by atoms with Crippen molar-refractivity contribution in [3.05, 3.63) is 23.3 Å². The Morgan fingerprint density at radius 1 is 0.909 bits per heavy atom. The Labute approximate surface area is 274 Å². The topological polar surface area (TPSA) is 55.8 Å². The predicted molar refractivity (Wildman–Crippen MR) is 192 cm³/mol. The molecule has 4 nitrogen and oxygen atoms in total. The van der Waals surface area contributed by atoms with Gasteiger partial charge >= 0.3 is 0 Å². The van der Waals surface area contributed by atoms with Crippen LogP contribution >= 0.6 is 0 Å². The smallest absolute Gasteiger partial charge is 0.193 e. The zero-order valence-corrected chi connectivity index (χ0v) is 33.3. The van der Waals surface area contributed by atoms with Crippen molar-refractivity contribution in [1.82, 2.24) is 0 Å². The molecule has 3 fully saturated rings. The van der Waals surface area contributed by atoms with Crippen LogP contribution < -0.4 is 0 Å². The molecule has 3 aliphatic carbocycles. The predicted octanol–water partition coefficient (Wildman–Crippen LogP) is 10.8. The van der Waals surface area contributed by atoms with E-state index in [4.69, 9.17) is 8.85 Å². The Bertz CT molecular complexity index is 1030. The zero-order chi connectivity index (χ0) is 33.5. The highest BCUT2D eigenvalue weighted by atomic mass is 28.4. The summed E-state index contributed by atoms with van der Waals surface area (Å²) >= 11 is 0. The summed E-state index contributed by atoms with van der Waals surface area (Å²) in [6.45, 7) is 31.4. The van der Waals surface area contributed by atoms with Crippen molar-refractivity contribution >= 4 is 22.4 Å². The third-order valence-corrected chi connectivity index (χ3v) is 21.7. The Morgan fingerprint density at radius 3 is 1.91 bits per heavy atom. The van der Waals surface area contributed by atoms with Crippen LogP contribution in [-0.4, -0.2) is 45.3 Å². The van der Waals surface area contributed by atoms with Crippen LogP contribution in [0.4, 0.5) is 0 Å². The van der Waals surface area contributed by atoms with E-state index in [0.717, 1.165) is 18.8 Å². The first-order chi connectivity index (χ1) is 19.9. The van der Waals surface area contributed by atoms with Gasteiger partial charge in [-0.05, 0) is 112 Å². The third kappa shape index (κ3) is 8.87. The maximum atomic E-state index is 13.9. The summed E-state index contributed by atoms with van der Waals surface area (Å²) in [6.07, 6.45) is 15.0. The molecule has 3 saturated carbocycles. The first-order valence-corrected chi connectivity index (χ1v) is 23.7. The molecule has 0 aliphatic heterocycles. The first-order valence-electron chi connectivity index (χ1n) is 17.9. The van der Waals surface area contributed by atoms with E-state index < -0.39 is 34.4 Å². The highest BCUT2D eigenvalue weighted by Gasteiger charge is 2.51. The summed E-state index contributed by atoms with van der Waals surface area (Å²) in [7, 11) is -4.26. The molecular formula is C38H70O4Si2. The van der Waals surface area contributed by atoms with E-state index in [2.05, 4.69) is 93.7 Å². The number of rotatable bonds is 10. The van der Waals surface area contributed by atoms with E-state index in [0.29, 0.717) is 30.1 Å². The number of ketones is 1. The fourth-order valence-corrected chi connectivity index (χ4v) is 10.4. The van der Waals surface area contributed by atoms with E-state index >= 15 is 0 Å². The van der Waals surface area contributed by atoms with Gasteiger partial charge in [-0.3, -0.25) is 4.79 Å². The van der Waals surface area contributed by atoms with Crippen molar-refractivity contribution in [1.29, 1.82) is 0 Å². The number of hydrogen-bond acceptors (Lipinski definition) is 4. The van der Waals surface area contributed by atoms with Crippen molar-refractivity contribution in [3.63, 3.8) is 0 Å². The molecule has 6 atom stereocenters. The highest BCUT2D eigenvalue weighted by Crippen LogP contribution is 2.60. The number of carbonyl (C=O) groups excluding carboxylic acids is 1. The van der Waals surface area contributed by atoms with Crippen LogP contribution in [0.5, 0.6) is 0 Å². The third-order valence-electron chi connectivity index (χ3n) is 12.7. The molecule has 0 radical (unpaired) electrons. The second-order valence-electron chi connectivity index (χ2n) is 18.9. The van der Waals surface area contributed by atoms with E-state index in [9.17, 15) is 9.90 Å². The monoisotopic (exact) mass is 646 g/mol. The van der Waals surface area contributed by atoms with Crippen molar-refractivity contribution < 1.29 is 18.8 Å². The molecule has 0 spiro atoms. The summed E-state index contributed by atoms with van der Waals surface area (Å²) < 4.78 is 13.7. The largest absolute Gasteiger partial charge is 0.406 e. The molecule has 3 rings (SSSR count). The van der Waals surface area contributed by atoms with Crippen LogP contribution in [0.15, 0.2) is 23.3 Å². The van der Waals surface area contributed by atoms with Crippen molar-refractivity contribution in [3.8, 4) is 0 Å². The summed E-state index contributed by atoms with van der Waals surface area (Å²) in [6, 6.07) is 0. The van der Waals surface area contributed by atoms with Crippen molar-refractivity contribution in [2.45, 2.75) is 188 Å². The molecular weight excluding hydrogens is 577 g/mol. The van der Waals surface area contributed by atoms with Gasteiger partial charge in [0.05, 0.1) is 5.60 Å². The van der Waals surface area contributed by atoms with Crippen LogP contribution in [-0.2, 0) is 13.6 Å². The number of Topliss-reactive ketones (excluding diaryl/α,β-unsaturated/α-hetero) is 1. The number of hydrogen-bond donors (Lipinski definition) is 1. The highest BCUT2D eigenvalue weighted by molar-refractivity contribution is 6.74. The van der Waals surface area contributed by atoms with Gasteiger partial charge < -0.3 is 14.0 Å². The number of aliphatic hydroxyl groups is 1. The van der Waals surface area contributed by atoms with Gasteiger partial charge in [0.2, 0.25) is 0 Å². The fraction of sp³-hybridized carbons (Fsp3) is 0.868. The minimum Gasteiger partial charge on any atom is -0.406 e. The molecule has 3 unspecified atom stereocenters. The maximum absolute atomic E-state index is 13.9. The summed E-state index contributed by atoms with van der Waals surface area (Å²) in [5.74, 6) is 2.25. The summed E-state index contributed by atoms with van der Waals surface area (Å²) in [5.41, 5.74) is 2.73. The lowest BCUT2D eigenvalue weighted by atomic mass is 9.60. The summed E-state index contributed by atoms with van der Waals surface area (Å²) in [5, 5.41) is 10.3. The molecule has 0 aromatic carbocycles. The molecule has 44 heavy (non-hydrogen) atoms. The van der Waals surface area contributed by atoms with Gasteiger partial charge in [0.15, 0.2) is 22.4 Å². The van der Waals surface area contributed by atoms with E-state index in [1.54, 1.807) is 5.57 Å². The maximum Gasteiger partial charge on any atom is 0.193 e. The standard InChI is InChI=1S/C38H70O4Si2/c1-27(17-15-23-37(8,9)40)30-21-22-31-29(18-16-24-38(30,31)10)20-19-28-25-32(41-43(11,12)35(2,3)4)34(39)33(26-28)42-44(13,14)36(5,6)7/h19-20,27,30-33,40H,15-18,21-26H2,1-14H3/b29-20+/t27-,30?,31?,32+,33+,38?/m0/s1. The molecule has 6 heteroatoms. The first kappa shape index (κ1) is 37.9. The molecule has 0 aromatic rings. The van der Waals surface area contributed by atoms with Gasteiger partial charge in [-0.25, -0.2) is 0 Å². The molecule has 3 aliphatic rings. The van der Waals surface area contributed by atoms with E-state index in [-0.39, 0.29) is 15.9 Å². The lowest BCUT2D eigenvalue weighted by Gasteiger charge is -2.45. The van der Waals surface area contributed by atoms with Gasteiger partial charge in [0.1, 0.15) is 12.2 Å². The van der Waals surface area contributed by atoms with Crippen molar-refractivity contribution in [2.24, 2.45) is 23.2 Å². The van der Waals surface area contributed by atoms with Gasteiger partial charge in [-0.15, -0.1) is 0 Å². The Hall–Kier alpha value is -0.536. The summed E-state index contributed by atoms with van der Waals surface area (Å²) in [4.78, 5) is 13.9. The Kier molecular flexibility index (Phi) is 11.7. The van der Waals surface area contributed by atoms with Crippen LogP contribution in [0.1, 0.15) is 133 Å². The normalized spacial score (nSPS) is 30.9. The van der Waals surface area contributed by atoms with Crippen LogP contribution in [0.25, 0.3) is 0 Å². The van der Waals surface area contributed by atoms with E-state index in [1.807, 2.05) is 13.8 Å². The molecule has 0 amide bonds. The van der Waals surface area contributed by atoms with Gasteiger partial charge in [0, 0.05) is 12.8 Å². The molecule has 0 aromatic heterocycles. The number of fused-ring (bicyclic) bond motifs is 1. The average Bonchev–Trinajstić information content (AvgIpc) is 3.20. The molecule has 1 N–H and O–H groups in total. The van der Waals surface area contributed by atoms with Gasteiger partial charge in [-0.1, -0.05) is 91.5 Å². The van der Waals surface area contributed by atoms with Gasteiger partial charge in [-0.2, -0.15) is 0 Å². The lowest BCUT2D eigenvalue weighted by Crippen LogP contribution is -2.53. The van der Waals surface area contributed by atoms with Crippen LogP contribution in [0.3, 0.4) is 0 Å². The Morgan fingerprint density at radius 2 is 1.43 bits per heavy atom. The van der Waals surface area contributed by atoms with Crippen LogP contribution in [0, 0.1) is 23.2 Å². The number of carbonyl (C=O) groups is 1. The second kappa shape index (κ2) is 13.5. The fourth-order valence-electron chi connectivity index (χ4n) is 7.87. The molecule has 0 bridgehead atoms. The minimum absolute atomic E-state index is 0.0450. The lowest BCUT2D eigenvalue weighted by molar-refractivity contribution is -0.135. The van der Waals surface area contributed by atoms with Crippen LogP contribution in [0.2, 0.25) is 36.3 Å². The zero-order valence-electron chi connectivity index (χ0n) is 31.3. The van der Waals surface area contributed by atoms with Gasteiger partial charge in [0.25, 0.3) is 0 Å². The Balaban J connectivity index is 1.85. The quantitative estimate of drug-likeness (QED) is 0.240. The molecule has 0 saturated heterocycles. The van der Waals surface area contributed by atoms with Crippen molar-refractivity contribution in [2.75, 3.05) is 0 Å². The second-order valence-corrected chi connectivity index (χ2v) is 28.4. The average molecular weight is 647 g/mol.